The van der Waals surface area contributed by atoms with E-state index in [1.54, 1.807) is 24.5 Å². The summed E-state index contributed by atoms with van der Waals surface area (Å²) in [5, 5.41) is 4.93. The molecule has 4 heteroatoms. The van der Waals surface area contributed by atoms with Crippen LogP contribution in [0.15, 0.2) is 67.0 Å². The van der Waals surface area contributed by atoms with Crippen LogP contribution in [0.25, 0.3) is 10.8 Å². The zero-order valence-electron chi connectivity index (χ0n) is 13.0. The molecule has 0 bridgehead atoms. The zero-order chi connectivity index (χ0) is 16.6. The third-order valence-corrected chi connectivity index (χ3v) is 3.45. The second kappa shape index (κ2) is 7.80. The minimum absolute atomic E-state index is 0.165. The van der Waals surface area contributed by atoms with Crippen molar-refractivity contribution < 1.29 is 9.53 Å². The molecular weight excluding hydrogens is 300 g/mol. The van der Waals surface area contributed by atoms with Gasteiger partial charge in [0.15, 0.2) is 0 Å². The van der Waals surface area contributed by atoms with Gasteiger partial charge in [0.05, 0.1) is 6.54 Å². The SMILES string of the molecule is O=C(NCC#CCOc1cccc2ccccc12)c1ccncc1. The van der Waals surface area contributed by atoms with Crippen LogP contribution < -0.4 is 10.1 Å². The number of nitrogens with zero attached hydrogens (tertiary/aromatic N) is 1. The summed E-state index contributed by atoms with van der Waals surface area (Å²) in [4.78, 5) is 15.7. The molecule has 3 aromatic rings. The Labute approximate surface area is 140 Å². The van der Waals surface area contributed by atoms with Gasteiger partial charge in [-0.25, -0.2) is 0 Å². The van der Waals surface area contributed by atoms with Gasteiger partial charge in [-0.15, -0.1) is 0 Å². The molecule has 0 aliphatic rings. The highest BCUT2D eigenvalue weighted by molar-refractivity contribution is 5.94. The van der Waals surface area contributed by atoms with E-state index in [1.165, 1.54) is 0 Å². The molecule has 0 fully saturated rings. The minimum Gasteiger partial charge on any atom is -0.480 e. The molecule has 0 aliphatic heterocycles. The number of carbonyl (C=O) groups is 1. The molecule has 2 aromatic carbocycles. The maximum atomic E-state index is 11.8. The normalized spacial score (nSPS) is 9.83. The average Bonchev–Trinajstić information content (AvgIpc) is 2.65. The Bertz CT molecular complexity index is 890. The van der Waals surface area contributed by atoms with Crippen molar-refractivity contribution >= 4 is 16.7 Å². The van der Waals surface area contributed by atoms with E-state index in [0.717, 1.165) is 16.5 Å². The standard InChI is InChI=1S/C20H16N2O2/c23-20(17-10-13-21-14-11-17)22-12-3-4-15-24-19-9-5-7-16-6-1-2-8-18(16)19/h1-2,5-11,13-14H,12,15H2,(H,22,23). The van der Waals surface area contributed by atoms with Crippen LogP contribution in [0.3, 0.4) is 0 Å². The lowest BCUT2D eigenvalue weighted by Gasteiger charge is -2.06. The fourth-order valence-corrected chi connectivity index (χ4v) is 2.28. The van der Waals surface area contributed by atoms with E-state index in [-0.39, 0.29) is 19.1 Å². The molecule has 1 amide bonds. The fourth-order valence-electron chi connectivity index (χ4n) is 2.28. The molecule has 0 atom stereocenters. The van der Waals surface area contributed by atoms with Crippen LogP contribution in [0.1, 0.15) is 10.4 Å². The number of pyridine rings is 1. The molecule has 118 valence electrons. The number of hydrogen-bond donors (Lipinski definition) is 1. The van der Waals surface area contributed by atoms with Crippen molar-refractivity contribution in [3.63, 3.8) is 0 Å². The van der Waals surface area contributed by atoms with E-state index < -0.39 is 0 Å². The number of aromatic nitrogens is 1. The molecule has 1 heterocycles. The summed E-state index contributed by atoms with van der Waals surface area (Å²) < 4.78 is 5.72. The molecule has 1 N–H and O–H groups in total. The van der Waals surface area contributed by atoms with Gasteiger partial charge in [0, 0.05) is 23.3 Å². The number of rotatable bonds is 4. The van der Waals surface area contributed by atoms with Crippen LogP contribution in [-0.4, -0.2) is 24.0 Å². The zero-order valence-corrected chi connectivity index (χ0v) is 13.0. The summed E-state index contributed by atoms with van der Waals surface area (Å²) in [5.41, 5.74) is 0.568. The summed E-state index contributed by atoms with van der Waals surface area (Å²) in [6.07, 6.45) is 3.16. The van der Waals surface area contributed by atoms with E-state index in [9.17, 15) is 4.79 Å². The van der Waals surface area contributed by atoms with Gasteiger partial charge in [-0.05, 0) is 23.6 Å². The summed E-state index contributed by atoms with van der Waals surface area (Å²) >= 11 is 0. The first-order chi connectivity index (χ1) is 11.8. The molecule has 0 spiro atoms. The largest absolute Gasteiger partial charge is 0.480 e. The lowest BCUT2D eigenvalue weighted by molar-refractivity contribution is 0.0958. The molecule has 4 nitrogen and oxygen atoms in total. The summed E-state index contributed by atoms with van der Waals surface area (Å²) in [6.45, 7) is 0.555. The second-order valence-electron chi connectivity index (χ2n) is 5.04. The number of amides is 1. The van der Waals surface area contributed by atoms with Crippen molar-refractivity contribution in [2.45, 2.75) is 0 Å². The van der Waals surface area contributed by atoms with Crippen molar-refractivity contribution in [2.75, 3.05) is 13.2 Å². The van der Waals surface area contributed by atoms with Crippen LogP contribution in [-0.2, 0) is 0 Å². The summed E-state index contributed by atoms with van der Waals surface area (Å²) in [7, 11) is 0. The minimum atomic E-state index is -0.165. The lowest BCUT2D eigenvalue weighted by atomic mass is 10.1. The van der Waals surface area contributed by atoms with Gasteiger partial charge in [0.1, 0.15) is 12.4 Å². The quantitative estimate of drug-likeness (QED) is 0.753. The van der Waals surface area contributed by atoms with Crippen LogP contribution in [0, 0.1) is 11.8 Å². The van der Waals surface area contributed by atoms with Gasteiger partial charge in [-0.2, -0.15) is 0 Å². The van der Waals surface area contributed by atoms with Gasteiger partial charge in [-0.1, -0.05) is 48.2 Å². The summed E-state index contributed by atoms with van der Waals surface area (Å²) in [6, 6.07) is 17.3. The number of benzene rings is 2. The Morgan fingerprint density at radius 3 is 2.67 bits per heavy atom. The molecule has 1 aromatic heterocycles. The van der Waals surface area contributed by atoms with Gasteiger partial charge in [0.2, 0.25) is 0 Å². The fraction of sp³-hybridized carbons (Fsp3) is 0.100. The van der Waals surface area contributed by atoms with Crippen molar-refractivity contribution in [1.82, 2.24) is 10.3 Å². The van der Waals surface area contributed by atoms with Crippen LogP contribution in [0.5, 0.6) is 5.75 Å². The highest BCUT2D eigenvalue weighted by atomic mass is 16.5. The van der Waals surface area contributed by atoms with Crippen molar-refractivity contribution in [2.24, 2.45) is 0 Å². The van der Waals surface area contributed by atoms with Gasteiger partial charge in [0.25, 0.3) is 5.91 Å². The smallest absolute Gasteiger partial charge is 0.252 e. The van der Waals surface area contributed by atoms with Gasteiger partial charge >= 0.3 is 0 Å². The summed E-state index contributed by atoms with van der Waals surface area (Å²) in [5.74, 6) is 6.43. The molecule has 0 saturated heterocycles. The first kappa shape index (κ1) is 15.6. The maximum absolute atomic E-state index is 11.8. The molecule has 0 saturated carbocycles. The Morgan fingerprint density at radius 1 is 1.00 bits per heavy atom. The topological polar surface area (TPSA) is 51.2 Å². The van der Waals surface area contributed by atoms with Gasteiger partial charge < -0.3 is 10.1 Å². The van der Waals surface area contributed by atoms with Crippen molar-refractivity contribution in [1.29, 1.82) is 0 Å². The number of carbonyl (C=O) groups excluding carboxylic acids is 1. The molecule has 0 radical (unpaired) electrons. The average molecular weight is 316 g/mol. The van der Waals surface area contributed by atoms with Crippen molar-refractivity contribution in [3.8, 4) is 17.6 Å². The van der Waals surface area contributed by atoms with Crippen LogP contribution in [0.2, 0.25) is 0 Å². The third-order valence-electron chi connectivity index (χ3n) is 3.45. The predicted molar refractivity (Wildman–Crippen MR) is 93.8 cm³/mol. The Kier molecular flexibility index (Phi) is 5.06. The second-order valence-corrected chi connectivity index (χ2v) is 5.04. The van der Waals surface area contributed by atoms with E-state index in [4.69, 9.17) is 4.74 Å². The van der Waals surface area contributed by atoms with E-state index in [1.807, 2.05) is 42.5 Å². The molecular formula is C20H16N2O2. The highest BCUT2D eigenvalue weighted by Gasteiger charge is 2.02. The number of ether oxygens (including phenoxy) is 1. The predicted octanol–water partition coefficient (Wildman–Crippen LogP) is 3.05. The first-order valence-electron chi connectivity index (χ1n) is 7.59. The Balaban J connectivity index is 1.50. The monoisotopic (exact) mass is 316 g/mol. The Morgan fingerprint density at radius 2 is 1.79 bits per heavy atom. The molecule has 24 heavy (non-hydrogen) atoms. The highest BCUT2D eigenvalue weighted by Crippen LogP contribution is 2.24. The van der Waals surface area contributed by atoms with Gasteiger partial charge in [-0.3, -0.25) is 9.78 Å². The number of fused-ring (bicyclic) bond motifs is 1. The molecule has 3 rings (SSSR count). The molecule has 0 aliphatic carbocycles. The van der Waals surface area contributed by atoms with Crippen molar-refractivity contribution in [3.05, 3.63) is 72.6 Å². The first-order valence-corrected chi connectivity index (χ1v) is 7.59. The maximum Gasteiger partial charge on any atom is 0.252 e. The Hall–Kier alpha value is -3.32. The van der Waals surface area contributed by atoms with Crippen LogP contribution in [0.4, 0.5) is 0 Å². The lowest BCUT2D eigenvalue weighted by Crippen LogP contribution is -2.23. The van der Waals surface area contributed by atoms with E-state index in [0.29, 0.717) is 5.56 Å². The molecule has 0 unspecified atom stereocenters. The number of nitrogens with one attached hydrogen (secondary N) is 1. The van der Waals surface area contributed by atoms with E-state index in [2.05, 4.69) is 22.1 Å². The van der Waals surface area contributed by atoms with Crippen LogP contribution >= 0.6 is 0 Å². The van der Waals surface area contributed by atoms with E-state index >= 15 is 0 Å². The number of hydrogen-bond acceptors (Lipinski definition) is 3. The third kappa shape index (κ3) is 3.90.